The summed E-state index contributed by atoms with van der Waals surface area (Å²) in [5, 5.41) is 3.74. The Labute approximate surface area is 118 Å². The molecule has 1 heterocycles. The second-order valence-electron chi connectivity index (χ2n) is 4.74. The largest absolute Gasteiger partial charge is 0.383 e. The molecule has 1 aliphatic rings. The van der Waals surface area contributed by atoms with Gasteiger partial charge in [0, 0.05) is 37.7 Å². The molecule has 5 heteroatoms. The summed E-state index contributed by atoms with van der Waals surface area (Å²) in [6.07, 6.45) is 0.891. The molecule has 106 valence electrons. The molecule has 2 rings (SSSR count). The third-order valence-electron chi connectivity index (χ3n) is 3.32. The molecule has 0 amide bonds. The zero-order valence-electron chi connectivity index (χ0n) is 11.0. The monoisotopic (exact) mass is 287 g/mol. The van der Waals surface area contributed by atoms with Crippen molar-refractivity contribution in [2.45, 2.75) is 12.5 Å². The molecule has 1 aromatic rings. The quantitative estimate of drug-likeness (QED) is 0.816. The predicted molar refractivity (Wildman–Crippen MR) is 73.0 cm³/mol. The van der Waals surface area contributed by atoms with Crippen molar-refractivity contribution < 1.29 is 13.9 Å². The van der Waals surface area contributed by atoms with Gasteiger partial charge in [0.15, 0.2) is 0 Å². The van der Waals surface area contributed by atoms with Gasteiger partial charge >= 0.3 is 0 Å². The highest BCUT2D eigenvalue weighted by Gasteiger charge is 2.29. The number of nitrogens with one attached hydrogen (secondary N) is 1. The van der Waals surface area contributed by atoms with E-state index in [1.54, 1.807) is 13.2 Å². The maximum absolute atomic E-state index is 13.4. The van der Waals surface area contributed by atoms with Gasteiger partial charge in [0.05, 0.1) is 12.7 Å². The Morgan fingerprint density at radius 2 is 2.32 bits per heavy atom. The summed E-state index contributed by atoms with van der Waals surface area (Å²) in [4.78, 5) is 0. The molecule has 2 unspecified atom stereocenters. The highest BCUT2D eigenvalue weighted by atomic mass is 35.5. The van der Waals surface area contributed by atoms with Crippen LogP contribution in [0.25, 0.3) is 0 Å². The predicted octanol–water partition coefficient (Wildman–Crippen LogP) is 2.79. The summed E-state index contributed by atoms with van der Waals surface area (Å²) in [5.41, 5.74) is 0.820. The van der Waals surface area contributed by atoms with Gasteiger partial charge in [-0.05, 0) is 30.2 Å². The molecule has 3 nitrogen and oxygen atoms in total. The van der Waals surface area contributed by atoms with E-state index in [0.29, 0.717) is 24.2 Å². The number of benzene rings is 1. The topological polar surface area (TPSA) is 30.5 Å². The van der Waals surface area contributed by atoms with Crippen molar-refractivity contribution in [3.8, 4) is 0 Å². The smallest absolute Gasteiger partial charge is 0.125 e. The maximum Gasteiger partial charge on any atom is 0.125 e. The number of hydrogen-bond acceptors (Lipinski definition) is 3. The fourth-order valence-electron chi connectivity index (χ4n) is 2.41. The fraction of sp³-hybridized carbons (Fsp3) is 0.571. The van der Waals surface area contributed by atoms with Crippen molar-refractivity contribution >= 4 is 11.6 Å². The summed E-state index contributed by atoms with van der Waals surface area (Å²) in [6, 6.07) is 4.60. The summed E-state index contributed by atoms with van der Waals surface area (Å²) >= 11 is 5.89. The Morgan fingerprint density at radius 1 is 1.47 bits per heavy atom. The van der Waals surface area contributed by atoms with E-state index in [-0.39, 0.29) is 11.9 Å². The van der Waals surface area contributed by atoms with E-state index in [9.17, 15) is 4.39 Å². The van der Waals surface area contributed by atoms with Crippen LogP contribution in [-0.4, -0.2) is 33.4 Å². The van der Waals surface area contributed by atoms with Crippen molar-refractivity contribution in [3.63, 3.8) is 0 Å². The van der Waals surface area contributed by atoms with E-state index in [1.165, 1.54) is 12.1 Å². The Kier molecular flexibility index (Phi) is 5.58. The van der Waals surface area contributed by atoms with Crippen LogP contribution in [0.5, 0.6) is 0 Å². The molecule has 1 N–H and O–H groups in total. The molecule has 0 bridgehead atoms. The molecule has 0 saturated carbocycles. The zero-order valence-corrected chi connectivity index (χ0v) is 11.8. The fourth-order valence-corrected chi connectivity index (χ4v) is 2.64. The summed E-state index contributed by atoms with van der Waals surface area (Å²) in [6.45, 7) is 3.03. The SMILES string of the molecule is COCCNCC1CCOC1c1cc(F)cc(Cl)c1. The van der Waals surface area contributed by atoms with Crippen LogP contribution < -0.4 is 5.32 Å². The molecular weight excluding hydrogens is 269 g/mol. The standard InChI is InChI=1S/C14H19ClFNO2/c1-18-5-3-17-9-10-2-4-19-14(10)11-6-12(15)8-13(16)7-11/h6-8,10,14,17H,2-5,9H2,1H3. The number of methoxy groups -OCH3 is 1. The highest BCUT2D eigenvalue weighted by Crippen LogP contribution is 2.35. The van der Waals surface area contributed by atoms with Gasteiger partial charge in [0.1, 0.15) is 5.82 Å². The van der Waals surface area contributed by atoms with Crippen LogP contribution in [0.3, 0.4) is 0 Å². The third kappa shape index (κ3) is 4.14. The molecule has 2 atom stereocenters. The minimum Gasteiger partial charge on any atom is -0.383 e. The normalized spacial score (nSPS) is 22.9. The minimum absolute atomic E-state index is 0.0803. The Morgan fingerprint density at radius 3 is 3.05 bits per heavy atom. The Hall–Kier alpha value is -0.680. The number of hydrogen-bond donors (Lipinski definition) is 1. The lowest BCUT2D eigenvalue weighted by Crippen LogP contribution is -2.27. The minimum atomic E-state index is -0.316. The van der Waals surface area contributed by atoms with E-state index in [4.69, 9.17) is 21.1 Å². The number of rotatable bonds is 6. The lowest BCUT2D eigenvalue weighted by Gasteiger charge is -2.19. The zero-order chi connectivity index (χ0) is 13.7. The van der Waals surface area contributed by atoms with Gasteiger partial charge < -0.3 is 14.8 Å². The van der Waals surface area contributed by atoms with Crippen LogP contribution in [0.1, 0.15) is 18.1 Å². The van der Waals surface area contributed by atoms with E-state index in [2.05, 4.69) is 5.32 Å². The maximum atomic E-state index is 13.4. The first kappa shape index (κ1) is 14.7. The molecule has 1 fully saturated rings. The first-order valence-electron chi connectivity index (χ1n) is 6.48. The summed E-state index contributed by atoms with van der Waals surface area (Å²) in [5.74, 6) is 0.0267. The van der Waals surface area contributed by atoms with Gasteiger partial charge in [0.25, 0.3) is 0 Å². The van der Waals surface area contributed by atoms with E-state index >= 15 is 0 Å². The van der Waals surface area contributed by atoms with Gasteiger partial charge in [0.2, 0.25) is 0 Å². The molecule has 1 aliphatic heterocycles. The lowest BCUT2D eigenvalue weighted by atomic mass is 9.95. The highest BCUT2D eigenvalue weighted by molar-refractivity contribution is 6.30. The van der Waals surface area contributed by atoms with Crippen LogP contribution in [0.4, 0.5) is 4.39 Å². The van der Waals surface area contributed by atoms with Crippen LogP contribution in [0.15, 0.2) is 18.2 Å². The second-order valence-corrected chi connectivity index (χ2v) is 5.18. The van der Waals surface area contributed by atoms with E-state index in [0.717, 1.165) is 25.1 Å². The van der Waals surface area contributed by atoms with Crippen molar-refractivity contribution in [2.75, 3.05) is 33.4 Å². The first-order valence-corrected chi connectivity index (χ1v) is 6.85. The van der Waals surface area contributed by atoms with E-state index < -0.39 is 0 Å². The second kappa shape index (κ2) is 7.20. The summed E-state index contributed by atoms with van der Waals surface area (Å²) in [7, 11) is 1.68. The van der Waals surface area contributed by atoms with Crippen molar-refractivity contribution in [1.29, 1.82) is 0 Å². The molecule has 0 aromatic heterocycles. The Balaban J connectivity index is 1.97. The third-order valence-corrected chi connectivity index (χ3v) is 3.54. The number of ether oxygens (including phenoxy) is 2. The van der Waals surface area contributed by atoms with Gasteiger partial charge in [-0.25, -0.2) is 4.39 Å². The summed E-state index contributed by atoms with van der Waals surface area (Å²) < 4.78 is 24.1. The van der Waals surface area contributed by atoms with Crippen LogP contribution >= 0.6 is 11.6 Å². The van der Waals surface area contributed by atoms with Crippen LogP contribution in [0, 0.1) is 11.7 Å². The molecular formula is C14H19ClFNO2. The molecule has 0 aliphatic carbocycles. The van der Waals surface area contributed by atoms with Crippen LogP contribution in [0.2, 0.25) is 5.02 Å². The van der Waals surface area contributed by atoms with E-state index in [1.807, 2.05) is 0 Å². The van der Waals surface area contributed by atoms with Crippen LogP contribution in [-0.2, 0) is 9.47 Å². The Bertz CT molecular complexity index is 396. The molecule has 1 aromatic carbocycles. The first-order chi connectivity index (χ1) is 9.20. The molecule has 19 heavy (non-hydrogen) atoms. The lowest BCUT2D eigenvalue weighted by molar-refractivity contribution is 0.0896. The van der Waals surface area contributed by atoms with Gasteiger partial charge in [-0.3, -0.25) is 0 Å². The van der Waals surface area contributed by atoms with Crippen molar-refractivity contribution in [1.82, 2.24) is 5.32 Å². The van der Waals surface area contributed by atoms with Gasteiger partial charge in [-0.15, -0.1) is 0 Å². The molecule has 0 spiro atoms. The van der Waals surface area contributed by atoms with Gasteiger partial charge in [-0.2, -0.15) is 0 Å². The number of halogens is 2. The van der Waals surface area contributed by atoms with Gasteiger partial charge in [-0.1, -0.05) is 11.6 Å². The van der Waals surface area contributed by atoms with Crippen molar-refractivity contribution in [3.05, 3.63) is 34.6 Å². The average molecular weight is 288 g/mol. The molecule has 1 saturated heterocycles. The average Bonchev–Trinajstić information content (AvgIpc) is 2.82. The molecule has 0 radical (unpaired) electrons. The van der Waals surface area contributed by atoms with Crippen molar-refractivity contribution in [2.24, 2.45) is 5.92 Å².